The van der Waals surface area contributed by atoms with Crippen LogP contribution in [0.1, 0.15) is 25.3 Å². The van der Waals surface area contributed by atoms with Gasteiger partial charge in [-0.05, 0) is 53.7 Å². The van der Waals surface area contributed by atoms with E-state index in [1.165, 1.54) is 0 Å². The van der Waals surface area contributed by atoms with Crippen molar-refractivity contribution in [3.63, 3.8) is 0 Å². The van der Waals surface area contributed by atoms with E-state index < -0.39 is 0 Å². The summed E-state index contributed by atoms with van der Waals surface area (Å²) in [5.74, 6) is 0. The minimum absolute atomic E-state index is 0.204. The summed E-state index contributed by atoms with van der Waals surface area (Å²) in [7, 11) is 1.69. The molecule has 1 aromatic rings. The average Bonchev–Trinajstić information content (AvgIpc) is 2.26. The fraction of sp³-hybridized carbons (Fsp3) is 0.583. The first-order valence-corrected chi connectivity index (χ1v) is 6.21. The van der Waals surface area contributed by atoms with E-state index in [1.807, 2.05) is 13.0 Å². The topological polar surface area (TPSA) is 42.4 Å². The van der Waals surface area contributed by atoms with Gasteiger partial charge in [-0.1, -0.05) is 0 Å². The predicted octanol–water partition coefficient (Wildman–Crippen LogP) is 2.56. The van der Waals surface area contributed by atoms with Crippen molar-refractivity contribution >= 4 is 15.9 Å². The first-order valence-electron chi connectivity index (χ1n) is 5.42. The van der Waals surface area contributed by atoms with Gasteiger partial charge in [0, 0.05) is 24.0 Å². The van der Waals surface area contributed by atoms with E-state index >= 15 is 0 Å². The number of methoxy groups -OCH3 is 1. The number of aliphatic hydroxyl groups is 1. The van der Waals surface area contributed by atoms with Gasteiger partial charge in [0.2, 0.25) is 0 Å². The zero-order valence-electron chi connectivity index (χ0n) is 9.69. The van der Waals surface area contributed by atoms with Crippen molar-refractivity contribution in [1.82, 2.24) is 4.98 Å². The normalized spacial score (nSPS) is 14.8. The Balaban J connectivity index is 2.36. The zero-order valence-corrected chi connectivity index (χ0v) is 11.3. The van der Waals surface area contributed by atoms with Crippen LogP contribution in [0.2, 0.25) is 0 Å². The Morgan fingerprint density at radius 3 is 2.81 bits per heavy atom. The van der Waals surface area contributed by atoms with E-state index in [-0.39, 0.29) is 12.2 Å². The first kappa shape index (κ1) is 13.6. The molecule has 16 heavy (non-hydrogen) atoms. The Labute approximate surface area is 105 Å². The van der Waals surface area contributed by atoms with Crippen molar-refractivity contribution in [2.24, 2.45) is 0 Å². The van der Waals surface area contributed by atoms with Gasteiger partial charge in [0.1, 0.15) is 0 Å². The molecule has 2 atom stereocenters. The second-order valence-corrected chi connectivity index (χ2v) is 4.91. The Kier molecular flexibility index (Phi) is 5.95. The van der Waals surface area contributed by atoms with Crippen molar-refractivity contribution in [1.29, 1.82) is 0 Å². The lowest BCUT2D eigenvalue weighted by Crippen LogP contribution is -2.14. The zero-order chi connectivity index (χ0) is 12.0. The summed E-state index contributed by atoms with van der Waals surface area (Å²) >= 11 is 3.36. The molecule has 0 aliphatic carbocycles. The summed E-state index contributed by atoms with van der Waals surface area (Å²) in [6, 6.07) is 1.98. The molecule has 1 rings (SSSR count). The van der Waals surface area contributed by atoms with Crippen LogP contribution in [0.4, 0.5) is 0 Å². The van der Waals surface area contributed by atoms with Gasteiger partial charge < -0.3 is 9.84 Å². The van der Waals surface area contributed by atoms with Crippen LogP contribution < -0.4 is 0 Å². The molecule has 0 amide bonds. The van der Waals surface area contributed by atoms with Crippen molar-refractivity contribution in [2.45, 2.75) is 38.4 Å². The summed E-state index contributed by atoms with van der Waals surface area (Å²) in [6.45, 7) is 2.01. The second kappa shape index (κ2) is 6.99. The number of nitrogens with zero attached hydrogens (tertiary/aromatic N) is 1. The molecule has 0 bridgehead atoms. The second-order valence-electron chi connectivity index (χ2n) is 3.99. The SMILES string of the molecule is COC(C)CCC(O)Cc1cncc(Br)c1. The molecule has 0 spiro atoms. The highest BCUT2D eigenvalue weighted by Gasteiger charge is 2.08. The van der Waals surface area contributed by atoms with Crippen LogP contribution in [-0.4, -0.2) is 29.4 Å². The molecule has 0 aliphatic heterocycles. The molecule has 0 saturated heterocycles. The lowest BCUT2D eigenvalue weighted by molar-refractivity contribution is 0.0851. The van der Waals surface area contributed by atoms with Crippen LogP contribution in [0.5, 0.6) is 0 Å². The highest BCUT2D eigenvalue weighted by Crippen LogP contribution is 2.13. The highest BCUT2D eigenvalue weighted by molar-refractivity contribution is 9.10. The van der Waals surface area contributed by atoms with Crippen LogP contribution in [0.15, 0.2) is 22.9 Å². The van der Waals surface area contributed by atoms with E-state index in [4.69, 9.17) is 4.74 Å². The third kappa shape index (κ3) is 5.05. The van der Waals surface area contributed by atoms with Crippen molar-refractivity contribution < 1.29 is 9.84 Å². The predicted molar refractivity (Wildman–Crippen MR) is 67.4 cm³/mol. The summed E-state index contributed by atoms with van der Waals surface area (Å²) in [6.07, 6.45) is 5.67. The van der Waals surface area contributed by atoms with Crippen LogP contribution in [-0.2, 0) is 11.2 Å². The van der Waals surface area contributed by atoms with E-state index in [9.17, 15) is 5.11 Å². The lowest BCUT2D eigenvalue weighted by atomic mass is 10.0. The summed E-state index contributed by atoms with van der Waals surface area (Å²) in [5.41, 5.74) is 1.05. The molecule has 90 valence electrons. The molecule has 2 unspecified atom stereocenters. The smallest absolute Gasteiger partial charge is 0.0582 e. The molecular weight excluding hydrogens is 270 g/mol. The van der Waals surface area contributed by atoms with Gasteiger partial charge in [0.25, 0.3) is 0 Å². The number of pyridine rings is 1. The number of aromatic nitrogens is 1. The molecule has 3 nitrogen and oxygen atoms in total. The van der Waals surface area contributed by atoms with Crippen LogP contribution >= 0.6 is 15.9 Å². The Hall–Kier alpha value is -0.450. The quantitative estimate of drug-likeness (QED) is 0.874. The largest absolute Gasteiger partial charge is 0.393 e. The van der Waals surface area contributed by atoms with Gasteiger partial charge in [-0.3, -0.25) is 4.98 Å². The van der Waals surface area contributed by atoms with E-state index in [1.54, 1.807) is 19.5 Å². The van der Waals surface area contributed by atoms with E-state index in [0.29, 0.717) is 6.42 Å². The number of ether oxygens (including phenoxy) is 1. The van der Waals surface area contributed by atoms with E-state index in [0.717, 1.165) is 22.9 Å². The molecule has 0 fully saturated rings. The molecule has 0 aliphatic rings. The van der Waals surface area contributed by atoms with Gasteiger partial charge in [0.05, 0.1) is 12.2 Å². The van der Waals surface area contributed by atoms with Gasteiger partial charge in [0.15, 0.2) is 0 Å². The van der Waals surface area contributed by atoms with Crippen molar-refractivity contribution in [3.05, 3.63) is 28.5 Å². The number of hydrogen-bond acceptors (Lipinski definition) is 3. The van der Waals surface area contributed by atoms with Crippen LogP contribution in [0.25, 0.3) is 0 Å². The maximum absolute atomic E-state index is 9.84. The molecule has 0 saturated carbocycles. The van der Waals surface area contributed by atoms with Crippen LogP contribution in [0.3, 0.4) is 0 Å². The standard InChI is InChI=1S/C12H18BrNO2/c1-9(16-2)3-4-12(15)6-10-5-11(13)8-14-7-10/h5,7-9,12,15H,3-4,6H2,1-2H3. The fourth-order valence-corrected chi connectivity index (χ4v) is 1.90. The third-order valence-electron chi connectivity index (χ3n) is 2.54. The van der Waals surface area contributed by atoms with Gasteiger partial charge in [-0.15, -0.1) is 0 Å². The number of halogens is 1. The van der Waals surface area contributed by atoms with Gasteiger partial charge in [-0.2, -0.15) is 0 Å². The summed E-state index contributed by atoms with van der Waals surface area (Å²) < 4.78 is 6.09. The fourth-order valence-electron chi connectivity index (χ4n) is 1.49. The molecular formula is C12H18BrNO2. The Morgan fingerprint density at radius 2 is 2.19 bits per heavy atom. The molecule has 1 aromatic heterocycles. The average molecular weight is 288 g/mol. The maximum atomic E-state index is 9.84. The molecule has 1 heterocycles. The summed E-state index contributed by atoms with van der Waals surface area (Å²) in [5, 5.41) is 9.84. The van der Waals surface area contributed by atoms with Crippen LogP contribution in [0, 0.1) is 0 Å². The van der Waals surface area contributed by atoms with Gasteiger partial charge in [-0.25, -0.2) is 0 Å². The molecule has 4 heteroatoms. The van der Waals surface area contributed by atoms with Gasteiger partial charge >= 0.3 is 0 Å². The van der Waals surface area contributed by atoms with E-state index in [2.05, 4.69) is 20.9 Å². The molecule has 0 radical (unpaired) electrons. The number of rotatable bonds is 6. The number of hydrogen-bond donors (Lipinski definition) is 1. The molecule has 0 aromatic carbocycles. The highest BCUT2D eigenvalue weighted by atomic mass is 79.9. The lowest BCUT2D eigenvalue weighted by Gasteiger charge is -2.13. The third-order valence-corrected chi connectivity index (χ3v) is 2.98. The van der Waals surface area contributed by atoms with Crippen molar-refractivity contribution in [3.8, 4) is 0 Å². The Morgan fingerprint density at radius 1 is 1.44 bits per heavy atom. The minimum Gasteiger partial charge on any atom is -0.393 e. The Bertz CT molecular complexity index is 320. The monoisotopic (exact) mass is 287 g/mol. The minimum atomic E-state index is -0.325. The first-order chi connectivity index (χ1) is 7.61. The maximum Gasteiger partial charge on any atom is 0.0582 e. The molecule has 1 N–H and O–H groups in total. The van der Waals surface area contributed by atoms with Crippen molar-refractivity contribution in [2.75, 3.05) is 7.11 Å². The summed E-state index contributed by atoms with van der Waals surface area (Å²) in [4.78, 5) is 4.07. The number of aliphatic hydroxyl groups excluding tert-OH is 1.